The zero-order chi connectivity index (χ0) is 15.2. The first-order chi connectivity index (χ1) is 10.0. The molecule has 5 nitrogen and oxygen atoms in total. The molecule has 1 atom stereocenters. The molecule has 1 amide bonds. The summed E-state index contributed by atoms with van der Waals surface area (Å²) in [6.07, 6.45) is 0.390. The van der Waals surface area contributed by atoms with Crippen molar-refractivity contribution in [2.75, 3.05) is 26.2 Å². The van der Waals surface area contributed by atoms with Gasteiger partial charge in [-0.1, -0.05) is 13.0 Å². The molecule has 2 heterocycles. The van der Waals surface area contributed by atoms with Crippen molar-refractivity contribution in [3.8, 4) is 0 Å². The quantitative estimate of drug-likeness (QED) is 0.872. The topological polar surface area (TPSA) is 60.9 Å². The van der Waals surface area contributed by atoms with Crippen molar-refractivity contribution >= 4 is 23.2 Å². The van der Waals surface area contributed by atoms with Gasteiger partial charge in [0.05, 0.1) is 0 Å². The van der Waals surface area contributed by atoms with E-state index in [2.05, 4.69) is 22.4 Å². The second-order valence-corrected chi connectivity index (χ2v) is 6.68. The third-order valence-corrected chi connectivity index (χ3v) is 4.59. The van der Waals surface area contributed by atoms with Gasteiger partial charge in [-0.05, 0) is 17.4 Å². The standard InChI is InChI=1S/C15H22N2O3S/c1-12(10-15(19)20)9-14(18)17-6-4-16(5-7-17)11-13-3-2-8-21-13/h2-3,8,12H,4-7,9-11H2,1H3,(H,19,20). The van der Waals surface area contributed by atoms with Crippen LogP contribution in [-0.4, -0.2) is 53.0 Å². The first-order valence-electron chi connectivity index (χ1n) is 7.29. The predicted molar refractivity (Wildman–Crippen MR) is 82.2 cm³/mol. The van der Waals surface area contributed by atoms with Crippen LogP contribution in [0.1, 0.15) is 24.6 Å². The van der Waals surface area contributed by atoms with Crippen LogP contribution in [0.3, 0.4) is 0 Å². The van der Waals surface area contributed by atoms with Gasteiger partial charge < -0.3 is 10.0 Å². The van der Waals surface area contributed by atoms with Crippen molar-refractivity contribution in [3.63, 3.8) is 0 Å². The Morgan fingerprint density at radius 2 is 2.00 bits per heavy atom. The molecule has 1 fully saturated rings. The number of nitrogens with zero attached hydrogens (tertiary/aromatic N) is 2. The second kappa shape index (κ2) is 7.56. The summed E-state index contributed by atoms with van der Waals surface area (Å²) in [5, 5.41) is 10.8. The van der Waals surface area contributed by atoms with Gasteiger partial charge in [-0.3, -0.25) is 14.5 Å². The van der Waals surface area contributed by atoms with Crippen molar-refractivity contribution < 1.29 is 14.7 Å². The highest BCUT2D eigenvalue weighted by atomic mass is 32.1. The van der Waals surface area contributed by atoms with Crippen LogP contribution in [0, 0.1) is 5.92 Å². The molecule has 2 rings (SSSR count). The first kappa shape index (κ1) is 16.0. The van der Waals surface area contributed by atoms with E-state index in [-0.39, 0.29) is 18.2 Å². The van der Waals surface area contributed by atoms with Crippen LogP contribution in [0.4, 0.5) is 0 Å². The highest BCUT2D eigenvalue weighted by Gasteiger charge is 2.23. The number of amides is 1. The van der Waals surface area contributed by atoms with Crippen LogP contribution in [0.2, 0.25) is 0 Å². The molecule has 1 aliphatic rings. The van der Waals surface area contributed by atoms with Gasteiger partial charge in [0, 0.05) is 50.4 Å². The van der Waals surface area contributed by atoms with Gasteiger partial charge in [-0.15, -0.1) is 11.3 Å². The Morgan fingerprint density at radius 3 is 2.57 bits per heavy atom. The average molecular weight is 310 g/mol. The summed E-state index contributed by atoms with van der Waals surface area (Å²) < 4.78 is 0. The lowest BCUT2D eigenvalue weighted by Gasteiger charge is -2.35. The summed E-state index contributed by atoms with van der Waals surface area (Å²) >= 11 is 1.76. The van der Waals surface area contributed by atoms with Crippen LogP contribution < -0.4 is 0 Å². The molecule has 1 aliphatic heterocycles. The Labute approximate surface area is 129 Å². The fourth-order valence-corrected chi connectivity index (χ4v) is 3.32. The molecule has 0 aliphatic carbocycles. The minimum absolute atomic E-state index is 0.0596. The van der Waals surface area contributed by atoms with E-state index in [1.54, 1.807) is 11.3 Å². The maximum absolute atomic E-state index is 12.1. The van der Waals surface area contributed by atoms with E-state index in [1.165, 1.54) is 4.88 Å². The zero-order valence-corrected chi connectivity index (χ0v) is 13.1. The Kier molecular flexibility index (Phi) is 5.76. The molecule has 0 spiro atoms. The maximum atomic E-state index is 12.1. The Bertz CT molecular complexity index is 467. The molecule has 116 valence electrons. The summed E-state index contributed by atoms with van der Waals surface area (Å²) in [7, 11) is 0. The lowest BCUT2D eigenvalue weighted by Crippen LogP contribution is -2.48. The Morgan fingerprint density at radius 1 is 1.29 bits per heavy atom. The van der Waals surface area contributed by atoms with Gasteiger partial charge in [0.1, 0.15) is 0 Å². The fraction of sp³-hybridized carbons (Fsp3) is 0.600. The normalized spacial score (nSPS) is 17.7. The predicted octanol–water partition coefficient (Wildman–Crippen LogP) is 1.89. The number of carboxylic acid groups (broad SMARTS) is 1. The van der Waals surface area contributed by atoms with Crippen molar-refractivity contribution in [1.82, 2.24) is 9.80 Å². The minimum Gasteiger partial charge on any atom is -0.481 e. The molecular formula is C15H22N2O3S. The number of aliphatic carboxylic acids is 1. The van der Waals surface area contributed by atoms with E-state index in [1.807, 2.05) is 11.8 Å². The molecule has 1 unspecified atom stereocenters. The molecule has 1 aromatic heterocycles. The molecule has 1 aromatic rings. The van der Waals surface area contributed by atoms with Crippen LogP contribution in [-0.2, 0) is 16.1 Å². The molecule has 6 heteroatoms. The van der Waals surface area contributed by atoms with Crippen molar-refractivity contribution in [1.29, 1.82) is 0 Å². The first-order valence-corrected chi connectivity index (χ1v) is 8.17. The van der Waals surface area contributed by atoms with Crippen molar-refractivity contribution in [2.45, 2.75) is 26.3 Å². The largest absolute Gasteiger partial charge is 0.481 e. The Balaban J connectivity index is 1.72. The van der Waals surface area contributed by atoms with Crippen LogP contribution >= 0.6 is 11.3 Å². The number of piperazine rings is 1. The second-order valence-electron chi connectivity index (χ2n) is 5.64. The minimum atomic E-state index is -0.837. The molecular weight excluding hydrogens is 288 g/mol. The van der Waals surface area contributed by atoms with Gasteiger partial charge in [0.25, 0.3) is 0 Å². The van der Waals surface area contributed by atoms with Gasteiger partial charge >= 0.3 is 5.97 Å². The Hall–Kier alpha value is -1.40. The van der Waals surface area contributed by atoms with Gasteiger partial charge in [0.2, 0.25) is 5.91 Å². The molecule has 0 saturated carbocycles. The van der Waals surface area contributed by atoms with E-state index in [0.717, 1.165) is 32.7 Å². The van der Waals surface area contributed by atoms with E-state index in [9.17, 15) is 9.59 Å². The molecule has 21 heavy (non-hydrogen) atoms. The maximum Gasteiger partial charge on any atom is 0.303 e. The number of carbonyl (C=O) groups is 2. The number of thiophene rings is 1. The number of carboxylic acids is 1. The summed E-state index contributed by atoms with van der Waals surface area (Å²) in [6, 6.07) is 4.19. The van der Waals surface area contributed by atoms with Gasteiger partial charge in [0.15, 0.2) is 0 Å². The summed E-state index contributed by atoms with van der Waals surface area (Å²) in [6.45, 7) is 6.02. The van der Waals surface area contributed by atoms with Crippen LogP contribution in [0.25, 0.3) is 0 Å². The highest BCUT2D eigenvalue weighted by molar-refractivity contribution is 7.09. The number of hydrogen-bond donors (Lipinski definition) is 1. The lowest BCUT2D eigenvalue weighted by molar-refractivity contribution is -0.139. The zero-order valence-electron chi connectivity index (χ0n) is 12.3. The van der Waals surface area contributed by atoms with Crippen LogP contribution in [0.5, 0.6) is 0 Å². The summed E-state index contributed by atoms with van der Waals surface area (Å²) in [5.74, 6) is -0.852. The molecule has 0 aromatic carbocycles. The fourth-order valence-electron chi connectivity index (χ4n) is 2.58. The molecule has 0 radical (unpaired) electrons. The number of rotatable bonds is 6. The van der Waals surface area contributed by atoms with Crippen molar-refractivity contribution in [3.05, 3.63) is 22.4 Å². The van der Waals surface area contributed by atoms with Crippen molar-refractivity contribution in [2.24, 2.45) is 5.92 Å². The number of hydrogen-bond acceptors (Lipinski definition) is 4. The van der Waals surface area contributed by atoms with E-state index < -0.39 is 5.97 Å². The molecule has 1 N–H and O–H groups in total. The van der Waals surface area contributed by atoms with Gasteiger partial charge in [-0.2, -0.15) is 0 Å². The third kappa shape index (κ3) is 5.13. The summed E-state index contributed by atoms with van der Waals surface area (Å²) in [5.41, 5.74) is 0. The average Bonchev–Trinajstić information content (AvgIpc) is 2.91. The van der Waals surface area contributed by atoms with E-state index >= 15 is 0 Å². The van der Waals surface area contributed by atoms with Gasteiger partial charge in [-0.25, -0.2) is 0 Å². The third-order valence-electron chi connectivity index (χ3n) is 3.73. The molecule has 0 bridgehead atoms. The van der Waals surface area contributed by atoms with Crippen LogP contribution in [0.15, 0.2) is 17.5 Å². The number of carbonyl (C=O) groups excluding carboxylic acids is 1. The highest BCUT2D eigenvalue weighted by Crippen LogP contribution is 2.15. The monoisotopic (exact) mass is 310 g/mol. The SMILES string of the molecule is CC(CC(=O)O)CC(=O)N1CCN(Cc2cccs2)CC1. The smallest absolute Gasteiger partial charge is 0.303 e. The lowest BCUT2D eigenvalue weighted by atomic mass is 10.0. The summed E-state index contributed by atoms with van der Waals surface area (Å²) in [4.78, 5) is 28.3. The molecule has 1 saturated heterocycles. The van der Waals surface area contributed by atoms with E-state index in [0.29, 0.717) is 6.42 Å². The van der Waals surface area contributed by atoms with E-state index in [4.69, 9.17) is 5.11 Å².